The maximum absolute atomic E-state index is 11.9. The first-order valence-corrected chi connectivity index (χ1v) is 7.96. The Balaban J connectivity index is 1.74. The minimum Gasteiger partial charge on any atom is -0.462 e. The number of halogens is 1. The number of aromatic amines is 1. The van der Waals surface area contributed by atoms with Gasteiger partial charge in [0.1, 0.15) is 0 Å². The van der Waals surface area contributed by atoms with Crippen molar-refractivity contribution in [1.29, 1.82) is 0 Å². The number of carbonyl (C=O) groups is 1. The largest absolute Gasteiger partial charge is 0.462 e. The average Bonchev–Trinajstić information content (AvgIpc) is 3.04. The van der Waals surface area contributed by atoms with Crippen LogP contribution in [-0.2, 0) is 4.74 Å². The summed E-state index contributed by atoms with van der Waals surface area (Å²) in [6.45, 7) is 2.48. The van der Waals surface area contributed by atoms with Gasteiger partial charge >= 0.3 is 5.97 Å². The molecule has 0 aliphatic rings. The molecule has 2 N–H and O–H groups in total. The van der Waals surface area contributed by atoms with Crippen molar-refractivity contribution in [2.24, 2.45) is 0 Å². The molecule has 2 heterocycles. The first kappa shape index (κ1) is 16.2. The number of unbranched alkanes of at least 4 members (excludes halogenated alkanes) is 1. The van der Waals surface area contributed by atoms with E-state index in [-0.39, 0.29) is 11.3 Å². The molecule has 8 heteroatoms. The molecule has 7 nitrogen and oxygen atoms in total. The number of aromatic nitrogens is 4. The number of imidazole rings is 1. The minimum absolute atomic E-state index is 0.116. The molecule has 0 atom stereocenters. The summed E-state index contributed by atoms with van der Waals surface area (Å²) in [5.74, 6) is 0.166. The van der Waals surface area contributed by atoms with Crippen LogP contribution >= 0.6 is 11.6 Å². The molecule has 0 radical (unpaired) electrons. The Kier molecular flexibility index (Phi) is 4.90. The first-order chi connectivity index (χ1) is 11.7. The standard InChI is InChI=1S/C16H16ClN5O2/c1-2-3-8-24-15(23)10-4-6-11(7-5-10)20-14-12-13(19-9-18-12)21-16(17)22-14/h4-7,9H,2-3,8H2,1H3,(H2,18,19,20,21,22). The lowest BCUT2D eigenvalue weighted by atomic mass is 10.2. The number of benzene rings is 1. The van der Waals surface area contributed by atoms with Gasteiger partial charge in [0.25, 0.3) is 0 Å². The highest BCUT2D eigenvalue weighted by molar-refractivity contribution is 6.28. The van der Waals surface area contributed by atoms with Crippen molar-refractivity contribution in [3.63, 3.8) is 0 Å². The SMILES string of the molecule is CCCCOC(=O)c1ccc(Nc2nc(Cl)nc3[nH]cnc23)cc1. The van der Waals surface area contributed by atoms with Crippen molar-refractivity contribution in [1.82, 2.24) is 19.9 Å². The summed E-state index contributed by atoms with van der Waals surface area (Å²) in [6.07, 6.45) is 3.37. The topological polar surface area (TPSA) is 92.8 Å². The maximum atomic E-state index is 11.9. The molecule has 2 aromatic heterocycles. The summed E-state index contributed by atoms with van der Waals surface area (Å²) in [5, 5.41) is 3.24. The number of esters is 1. The number of fused-ring (bicyclic) bond motifs is 1. The van der Waals surface area contributed by atoms with Gasteiger partial charge in [-0.3, -0.25) is 0 Å². The van der Waals surface area contributed by atoms with Gasteiger partial charge in [-0.2, -0.15) is 9.97 Å². The predicted molar refractivity (Wildman–Crippen MR) is 91.6 cm³/mol. The van der Waals surface area contributed by atoms with Gasteiger partial charge in [-0.1, -0.05) is 13.3 Å². The number of rotatable bonds is 6. The van der Waals surface area contributed by atoms with Crippen LogP contribution in [0.4, 0.5) is 11.5 Å². The van der Waals surface area contributed by atoms with Gasteiger partial charge in [0, 0.05) is 5.69 Å². The highest BCUT2D eigenvalue weighted by Crippen LogP contribution is 2.23. The monoisotopic (exact) mass is 345 g/mol. The summed E-state index contributed by atoms with van der Waals surface area (Å²) in [4.78, 5) is 27.1. The molecule has 3 rings (SSSR count). The molecule has 0 aliphatic heterocycles. The van der Waals surface area contributed by atoms with E-state index in [1.54, 1.807) is 24.3 Å². The van der Waals surface area contributed by atoms with E-state index >= 15 is 0 Å². The third-order valence-corrected chi connectivity index (χ3v) is 3.54. The fourth-order valence-electron chi connectivity index (χ4n) is 2.11. The Morgan fingerprint density at radius 1 is 1.29 bits per heavy atom. The van der Waals surface area contributed by atoms with E-state index < -0.39 is 0 Å². The van der Waals surface area contributed by atoms with E-state index in [2.05, 4.69) is 25.3 Å². The second kappa shape index (κ2) is 7.27. The fraction of sp³-hybridized carbons (Fsp3) is 0.250. The van der Waals surface area contributed by atoms with E-state index in [1.165, 1.54) is 6.33 Å². The summed E-state index contributed by atoms with van der Waals surface area (Å²) in [7, 11) is 0. The molecule has 0 saturated carbocycles. The summed E-state index contributed by atoms with van der Waals surface area (Å²) in [6, 6.07) is 6.93. The van der Waals surface area contributed by atoms with Crippen LogP contribution in [0.1, 0.15) is 30.1 Å². The van der Waals surface area contributed by atoms with Crippen LogP contribution < -0.4 is 5.32 Å². The number of nitrogens with one attached hydrogen (secondary N) is 2. The summed E-state index contributed by atoms with van der Waals surface area (Å²) >= 11 is 5.90. The Morgan fingerprint density at radius 3 is 2.83 bits per heavy atom. The first-order valence-electron chi connectivity index (χ1n) is 7.58. The van der Waals surface area contributed by atoms with Gasteiger partial charge in [0.05, 0.1) is 18.5 Å². The Morgan fingerprint density at radius 2 is 2.08 bits per heavy atom. The quantitative estimate of drug-likeness (QED) is 0.402. The van der Waals surface area contributed by atoms with Crippen LogP contribution in [0.5, 0.6) is 0 Å². The van der Waals surface area contributed by atoms with Crippen LogP contribution in [0.25, 0.3) is 11.2 Å². The molecule has 1 aromatic carbocycles. The molecule has 24 heavy (non-hydrogen) atoms. The minimum atomic E-state index is -0.324. The second-order valence-corrected chi connectivity index (χ2v) is 5.47. The van der Waals surface area contributed by atoms with Gasteiger partial charge in [-0.15, -0.1) is 0 Å². The van der Waals surface area contributed by atoms with E-state index in [0.717, 1.165) is 18.5 Å². The lowest BCUT2D eigenvalue weighted by Gasteiger charge is -2.08. The van der Waals surface area contributed by atoms with Crippen molar-refractivity contribution < 1.29 is 9.53 Å². The zero-order valence-corrected chi connectivity index (χ0v) is 13.8. The van der Waals surface area contributed by atoms with Crippen molar-refractivity contribution >= 4 is 40.2 Å². The van der Waals surface area contributed by atoms with Gasteiger partial charge < -0.3 is 15.0 Å². The van der Waals surface area contributed by atoms with Crippen molar-refractivity contribution in [3.8, 4) is 0 Å². The van der Waals surface area contributed by atoms with Crippen LogP contribution in [0, 0.1) is 0 Å². The molecule has 0 amide bonds. The van der Waals surface area contributed by atoms with Crippen LogP contribution in [0.3, 0.4) is 0 Å². The van der Waals surface area contributed by atoms with Gasteiger partial charge in [-0.05, 0) is 42.3 Å². The smallest absolute Gasteiger partial charge is 0.338 e. The Labute approximate surface area is 143 Å². The second-order valence-electron chi connectivity index (χ2n) is 5.13. The normalized spacial score (nSPS) is 10.8. The lowest BCUT2D eigenvalue weighted by molar-refractivity contribution is 0.0500. The molecule has 124 valence electrons. The maximum Gasteiger partial charge on any atom is 0.338 e. The van der Waals surface area contributed by atoms with Gasteiger partial charge in [-0.25, -0.2) is 9.78 Å². The number of H-pyrrole nitrogens is 1. The van der Waals surface area contributed by atoms with Gasteiger partial charge in [0.15, 0.2) is 17.0 Å². The van der Waals surface area contributed by atoms with Crippen LogP contribution in [0.15, 0.2) is 30.6 Å². The number of anilines is 2. The molecule has 0 unspecified atom stereocenters. The Bertz CT molecular complexity index is 847. The number of hydrogen-bond donors (Lipinski definition) is 2. The third-order valence-electron chi connectivity index (χ3n) is 3.37. The summed E-state index contributed by atoms with van der Waals surface area (Å²) < 4.78 is 5.18. The lowest BCUT2D eigenvalue weighted by Crippen LogP contribution is -2.06. The third kappa shape index (κ3) is 3.62. The van der Waals surface area contributed by atoms with Crippen molar-refractivity contribution in [2.75, 3.05) is 11.9 Å². The van der Waals surface area contributed by atoms with E-state index in [4.69, 9.17) is 16.3 Å². The zero-order valence-electron chi connectivity index (χ0n) is 13.0. The number of hydrogen-bond acceptors (Lipinski definition) is 6. The molecule has 0 bridgehead atoms. The van der Waals surface area contributed by atoms with E-state index in [1.807, 2.05) is 6.92 Å². The number of carbonyl (C=O) groups excluding carboxylic acids is 1. The molecule has 3 aromatic rings. The summed E-state index contributed by atoms with van der Waals surface area (Å²) in [5.41, 5.74) is 2.39. The molecule has 0 fully saturated rings. The molecular formula is C16H16ClN5O2. The van der Waals surface area contributed by atoms with Crippen LogP contribution in [0.2, 0.25) is 5.28 Å². The Hall–Kier alpha value is -2.67. The molecule has 0 aliphatic carbocycles. The molecule has 0 saturated heterocycles. The van der Waals surface area contributed by atoms with Crippen LogP contribution in [-0.4, -0.2) is 32.5 Å². The highest BCUT2D eigenvalue weighted by atomic mass is 35.5. The van der Waals surface area contributed by atoms with Crippen molar-refractivity contribution in [3.05, 3.63) is 41.4 Å². The molecule has 0 spiro atoms. The number of nitrogens with zero attached hydrogens (tertiary/aromatic N) is 3. The average molecular weight is 346 g/mol. The highest BCUT2D eigenvalue weighted by Gasteiger charge is 2.10. The zero-order chi connectivity index (χ0) is 16.9. The fourth-order valence-corrected chi connectivity index (χ4v) is 2.28. The van der Waals surface area contributed by atoms with Gasteiger partial charge in [0.2, 0.25) is 5.28 Å². The number of ether oxygens (including phenoxy) is 1. The van der Waals surface area contributed by atoms with E-state index in [0.29, 0.717) is 29.2 Å². The predicted octanol–water partition coefficient (Wildman–Crippen LogP) is 3.71. The molecular weight excluding hydrogens is 330 g/mol. The van der Waals surface area contributed by atoms with E-state index in [9.17, 15) is 4.79 Å². The van der Waals surface area contributed by atoms with Crippen molar-refractivity contribution in [2.45, 2.75) is 19.8 Å².